The lowest BCUT2D eigenvalue weighted by Crippen LogP contribution is -1.80. The van der Waals surface area contributed by atoms with Gasteiger partial charge in [-0.3, -0.25) is 4.79 Å². The SMILES string of the molecule is C=C/C=C(\C=C)C1=CC(=O)CC1. The normalized spacial score (nSPS) is 17.5. The van der Waals surface area contributed by atoms with Crippen LogP contribution in [-0.2, 0) is 4.79 Å². The van der Waals surface area contributed by atoms with Gasteiger partial charge < -0.3 is 0 Å². The van der Waals surface area contributed by atoms with E-state index in [0.717, 1.165) is 17.6 Å². The van der Waals surface area contributed by atoms with Crippen molar-refractivity contribution in [1.82, 2.24) is 0 Å². The Hall–Kier alpha value is -1.37. The Morgan fingerprint density at radius 3 is 2.58 bits per heavy atom. The maximum absolute atomic E-state index is 10.9. The Morgan fingerprint density at radius 2 is 2.17 bits per heavy atom. The number of hydrogen-bond donors (Lipinski definition) is 0. The van der Waals surface area contributed by atoms with Crippen LogP contribution in [0, 0.1) is 0 Å². The summed E-state index contributed by atoms with van der Waals surface area (Å²) in [6, 6.07) is 0. The molecule has 0 unspecified atom stereocenters. The van der Waals surface area contributed by atoms with Crippen molar-refractivity contribution in [3.63, 3.8) is 0 Å². The average Bonchev–Trinajstić information content (AvgIpc) is 2.47. The molecule has 0 N–H and O–H groups in total. The monoisotopic (exact) mass is 160 g/mol. The molecule has 12 heavy (non-hydrogen) atoms. The zero-order valence-corrected chi connectivity index (χ0v) is 7.05. The van der Waals surface area contributed by atoms with Crippen molar-refractivity contribution < 1.29 is 4.79 Å². The number of allylic oxidation sites excluding steroid dienone is 6. The Bertz CT molecular complexity index is 279. The van der Waals surface area contributed by atoms with Gasteiger partial charge in [0, 0.05) is 6.42 Å². The summed E-state index contributed by atoms with van der Waals surface area (Å²) in [6.07, 6.45) is 8.50. The minimum Gasteiger partial charge on any atom is -0.295 e. The van der Waals surface area contributed by atoms with Crippen molar-refractivity contribution >= 4 is 5.78 Å². The first-order chi connectivity index (χ1) is 5.77. The zero-order chi connectivity index (χ0) is 8.97. The summed E-state index contributed by atoms with van der Waals surface area (Å²) in [5.74, 6) is 0.210. The molecule has 1 aliphatic carbocycles. The summed E-state index contributed by atoms with van der Waals surface area (Å²) in [6.45, 7) is 7.28. The van der Waals surface area contributed by atoms with Crippen molar-refractivity contribution in [3.8, 4) is 0 Å². The minimum atomic E-state index is 0.210. The molecule has 0 aromatic rings. The van der Waals surface area contributed by atoms with Gasteiger partial charge in [-0.25, -0.2) is 0 Å². The van der Waals surface area contributed by atoms with Crippen LogP contribution in [-0.4, -0.2) is 5.78 Å². The predicted octanol–water partition coefficient (Wildman–Crippen LogP) is 2.57. The number of carbonyl (C=O) groups excluding carboxylic acids is 1. The van der Waals surface area contributed by atoms with Crippen LogP contribution < -0.4 is 0 Å². The van der Waals surface area contributed by atoms with Gasteiger partial charge in [-0.1, -0.05) is 31.4 Å². The maximum Gasteiger partial charge on any atom is 0.156 e. The second kappa shape index (κ2) is 3.86. The number of hydrogen-bond acceptors (Lipinski definition) is 1. The Kier molecular flexibility index (Phi) is 2.81. The van der Waals surface area contributed by atoms with Crippen molar-refractivity contribution in [3.05, 3.63) is 48.6 Å². The van der Waals surface area contributed by atoms with Gasteiger partial charge in [0.2, 0.25) is 0 Å². The third-order valence-corrected chi connectivity index (χ3v) is 1.86. The molecule has 0 atom stereocenters. The van der Waals surface area contributed by atoms with E-state index >= 15 is 0 Å². The first-order valence-corrected chi connectivity index (χ1v) is 3.97. The zero-order valence-electron chi connectivity index (χ0n) is 7.05. The molecule has 0 bridgehead atoms. The molecule has 1 rings (SSSR count). The van der Waals surface area contributed by atoms with Crippen LogP contribution >= 0.6 is 0 Å². The Morgan fingerprint density at radius 1 is 1.42 bits per heavy atom. The lowest BCUT2D eigenvalue weighted by atomic mass is 10.1. The molecule has 0 aromatic heterocycles. The molecule has 0 saturated carbocycles. The highest BCUT2D eigenvalue weighted by Crippen LogP contribution is 2.23. The van der Waals surface area contributed by atoms with Crippen LogP contribution in [0.25, 0.3) is 0 Å². The van der Waals surface area contributed by atoms with Crippen molar-refractivity contribution in [2.75, 3.05) is 0 Å². The van der Waals surface area contributed by atoms with Crippen molar-refractivity contribution in [2.24, 2.45) is 0 Å². The fourth-order valence-electron chi connectivity index (χ4n) is 1.26. The van der Waals surface area contributed by atoms with Gasteiger partial charge >= 0.3 is 0 Å². The van der Waals surface area contributed by atoms with E-state index in [1.807, 2.05) is 6.08 Å². The molecular formula is C11H12O. The molecular weight excluding hydrogens is 148 g/mol. The van der Waals surface area contributed by atoms with E-state index in [9.17, 15) is 4.79 Å². The number of carbonyl (C=O) groups is 1. The summed E-state index contributed by atoms with van der Waals surface area (Å²) < 4.78 is 0. The summed E-state index contributed by atoms with van der Waals surface area (Å²) in [5.41, 5.74) is 2.09. The number of rotatable bonds is 3. The Balaban J connectivity index is 2.87. The molecule has 0 spiro atoms. The van der Waals surface area contributed by atoms with Gasteiger partial charge in [0.1, 0.15) is 0 Å². The minimum absolute atomic E-state index is 0.210. The van der Waals surface area contributed by atoms with Gasteiger partial charge in [0.05, 0.1) is 0 Å². The smallest absolute Gasteiger partial charge is 0.156 e. The topological polar surface area (TPSA) is 17.1 Å². The summed E-state index contributed by atoms with van der Waals surface area (Å²) in [7, 11) is 0. The van der Waals surface area contributed by atoms with Gasteiger partial charge in [0.25, 0.3) is 0 Å². The summed E-state index contributed by atoms with van der Waals surface area (Å²) >= 11 is 0. The van der Waals surface area contributed by atoms with E-state index in [-0.39, 0.29) is 5.78 Å². The summed E-state index contributed by atoms with van der Waals surface area (Å²) in [4.78, 5) is 10.9. The van der Waals surface area contributed by atoms with E-state index in [2.05, 4.69) is 13.2 Å². The van der Waals surface area contributed by atoms with E-state index < -0.39 is 0 Å². The molecule has 1 heteroatoms. The van der Waals surface area contributed by atoms with Gasteiger partial charge in [-0.2, -0.15) is 0 Å². The van der Waals surface area contributed by atoms with Gasteiger partial charge in [-0.15, -0.1) is 0 Å². The van der Waals surface area contributed by atoms with Crippen molar-refractivity contribution in [2.45, 2.75) is 12.8 Å². The molecule has 0 amide bonds. The molecule has 0 aromatic carbocycles. The molecule has 0 radical (unpaired) electrons. The summed E-state index contributed by atoms with van der Waals surface area (Å²) in [5, 5.41) is 0. The lowest BCUT2D eigenvalue weighted by Gasteiger charge is -1.99. The van der Waals surface area contributed by atoms with Crippen LogP contribution in [0.15, 0.2) is 48.6 Å². The second-order valence-electron chi connectivity index (χ2n) is 2.70. The second-order valence-corrected chi connectivity index (χ2v) is 2.70. The molecule has 0 saturated heterocycles. The van der Waals surface area contributed by atoms with Crippen LogP contribution in [0.4, 0.5) is 0 Å². The number of ketones is 1. The largest absolute Gasteiger partial charge is 0.295 e. The molecule has 1 nitrogen and oxygen atoms in total. The maximum atomic E-state index is 10.9. The third-order valence-electron chi connectivity index (χ3n) is 1.86. The fourth-order valence-corrected chi connectivity index (χ4v) is 1.26. The van der Waals surface area contributed by atoms with E-state index in [4.69, 9.17) is 0 Å². The predicted molar refractivity (Wildman–Crippen MR) is 50.8 cm³/mol. The first-order valence-electron chi connectivity index (χ1n) is 3.97. The first kappa shape index (κ1) is 8.72. The van der Waals surface area contributed by atoms with Gasteiger partial charge in [-0.05, 0) is 23.6 Å². The quantitative estimate of drug-likeness (QED) is 0.580. The highest BCUT2D eigenvalue weighted by Gasteiger charge is 2.12. The van der Waals surface area contributed by atoms with E-state index in [1.54, 1.807) is 18.2 Å². The average molecular weight is 160 g/mol. The highest BCUT2D eigenvalue weighted by molar-refractivity contribution is 5.94. The van der Waals surface area contributed by atoms with Crippen LogP contribution in [0.3, 0.4) is 0 Å². The fraction of sp³-hybridized carbons (Fsp3) is 0.182. The van der Waals surface area contributed by atoms with Crippen LogP contribution in [0.5, 0.6) is 0 Å². The van der Waals surface area contributed by atoms with Crippen molar-refractivity contribution in [1.29, 1.82) is 0 Å². The molecule has 0 aliphatic heterocycles. The molecule has 0 fully saturated rings. The highest BCUT2D eigenvalue weighted by atomic mass is 16.1. The van der Waals surface area contributed by atoms with E-state index in [1.165, 1.54) is 0 Å². The standard InChI is InChI=1S/C11H12O/c1-3-5-9(4-2)10-6-7-11(12)8-10/h3-5,8H,1-2,6-7H2/b9-5+. The van der Waals surface area contributed by atoms with Gasteiger partial charge in [0.15, 0.2) is 5.78 Å². The lowest BCUT2D eigenvalue weighted by molar-refractivity contribution is -0.114. The molecule has 62 valence electrons. The third kappa shape index (κ3) is 1.82. The molecule has 1 aliphatic rings. The molecule has 0 heterocycles. The van der Waals surface area contributed by atoms with Crippen LogP contribution in [0.1, 0.15) is 12.8 Å². The van der Waals surface area contributed by atoms with Crippen LogP contribution in [0.2, 0.25) is 0 Å². The van der Waals surface area contributed by atoms with E-state index in [0.29, 0.717) is 6.42 Å². The Labute approximate surface area is 72.8 Å².